The highest BCUT2D eigenvalue weighted by molar-refractivity contribution is 9.10. The summed E-state index contributed by atoms with van der Waals surface area (Å²) in [5.74, 6) is 0.0962. The molecule has 6 nitrogen and oxygen atoms in total. The topological polar surface area (TPSA) is 82.8 Å². The van der Waals surface area contributed by atoms with Gasteiger partial charge in [0.1, 0.15) is 17.9 Å². The molecule has 0 amide bonds. The molecular formula is C21H17BrO6. The monoisotopic (exact) mass is 444 g/mol. The third-order valence-corrected chi connectivity index (χ3v) is 4.51. The molecule has 0 saturated heterocycles. The number of ether oxygens (including phenoxy) is 2. The molecule has 0 fully saturated rings. The molecule has 7 heteroatoms. The summed E-state index contributed by atoms with van der Waals surface area (Å²) >= 11 is 3.32. The summed E-state index contributed by atoms with van der Waals surface area (Å²) in [4.78, 5) is 34.9. The van der Waals surface area contributed by atoms with Crippen molar-refractivity contribution in [3.05, 3.63) is 74.6 Å². The predicted molar refractivity (Wildman–Crippen MR) is 107 cm³/mol. The number of fused-ring (bicyclic) bond motifs is 1. The standard InChI is InChI=1S/C21H17BrO6/c1-13(23)14-2-5-17(6-3-14)26-9-8-20(24)27-12-15-10-21(25)28-19-11-16(22)4-7-18(15)19/h2-7,10-11H,8-9,12H2,1H3. The maximum Gasteiger partial charge on any atom is 0.336 e. The fourth-order valence-corrected chi connectivity index (χ4v) is 2.93. The van der Waals surface area contributed by atoms with Crippen LogP contribution in [0.4, 0.5) is 0 Å². The normalized spacial score (nSPS) is 10.6. The lowest BCUT2D eigenvalue weighted by Gasteiger charge is -2.09. The van der Waals surface area contributed by atoms with E-state index in [1.807, 2.05) is 6.07 Å². The fourth-order valence-electron chi connectivity index (χ4n) is 2.59. The molecule has 0 N–H and O–H groups in total. The van der Waals surface area contributed by atoms with E-state index in [4.69, 9.17) is 13.9 Å². The summed E-state index contributed by atoms with van der Waals surface area (Å²) in [5.41, 5.74) is 1.09. The Morgan fingerprint density at radius 3 is 2.54 bits per heavy atom. The van der Waals surface area contributed by atoms with E-state index in [0.29, 0.717) is 27.8 Å². The van der Waals surface area contributed by atoms with Crippen LogP contribution < -0.4 is 10.4 Å². The maximum atomic E-state index is 12.0. The molecule has 28 heavy (non-hydrogen) atoms. The summed E-state index contributed by atoms with van der Waals surface area (Å²) in [6, 6.07) is 13.3. The summed E-state index contributed by atoms with van der Waals surface area (Å²) in [6.45, 7) is 1.60. The number of Topliss-reactive ketones (excluding diaryl/α,β-unsaturated/α-hetero) is 1. The molecule has 3 rings (SSSR count). The van der Waals surface area contributed by atoms with Crippen LogP contribution in [0.25, 0.3) is 11.0 Å². The molecule has 0 aliphatic heterocycles. The van der Waals surface area contributed by atoms with Gasteiger partial charge in [0, 0.05) is 27.1 Å². The molecule has 0 aliphatic carbocycles. The number of carbonyl (C=O) groups is 2. The molecule has 1 heterocycles. The van der Waals surface area contributed by atoms with Crippen LogP contribution in [0.2, 0.25) is 0 Å². The van der Waals surface area contributed by atoms with Gasteiger partial charge in [0.05, 0.1) is 13.0 Å². The Balaban J connectivity index is 1.54. The zero-order chi connectivity index (χ0) is 20.1. The van der Waals surface area contributed by atoms with Crippen molar-refractivity contribution in [2.24, 2.45) is 0 Å². The summed E-state index contributed by atoms with van der Waals surface area (Å²) in [5, 5.41) is 0.706. The SMILES string of the molecule is CC(=O)c1ccc(OCCC(=O)OCc2cc(=O)oc3cc(Br)ccc23)cc1. The number of esters is 1. The first-order valence-electron chi connectivity index (χ1n) is 8.54. The van der Waals surface area contributed by atoms with Crippen LogP contribution in [0.15, 0.2) is 62.2 Å². The Bertz CT molecular complexity index is 1070. The molecule has 0 aliphatic rings. The second kappa shape index (κ2) is 8.84. The smallest absolute Gasteiger partial charge is 0.336 e. The van der Waals surface area contributed by atoms with Crippen LogP contribution in [-0.4, -0.2) is 18.4 Å². The van der Waals surface area contributed by atoms with Crippen LogP contribution in [-0.2, 0) is 16.1 Å². The van der Waals surface area contributed by atoms with E-state index in [2.05, 4.69) is 15.9 Å². The van der Waals surface area contributed by atoms with Crippen molar-refractivity contribution in [2.45, 2.75) is 20.0 Å². The molecule has 3 aromatic rings. The van der Waals surface area contributed by atoms with E-state index in [1.54, 1.807) is 36.4 Å². The van der Waals surface area contributed by atoms with Crippen molar-refractivity contribution in [1.29, 1.82) is 0 Å². The van der Waals surface area contributed by atoms with Crippen molar-refractivity contribution in [3.8, 4) is 5.75 Å². The van der Waals surface area contributed by atoms with E-state index in [1.165, 1.54) is 13.0 Å². The quantitative estimate of drug-likeness (QED) is 0.307. The van der Waals surface area contributed by atoms with Crippen molar-refractivity contribution < 1.29 is 23.5 Å². The maximum absolute atomic E-state index is 12.0. The van der Waals surface area contributed by atoms with Crippen LogP contribution in [0.1, 0.15) is 29.3 Å². The largest absolute Gasteiger partial charge is 0.493 e. The van der Waals surface area contributed by atoms with Gasteiger partial charge in [0.2, 0.25) is 0 Å². The lowest BCUT2D eigenvalue weighted by Crippen LogP contribution is -2.11. The van der Waals surface area contributed by atoms with Gasteiger partial charge in [-0.15, -0.1) is 0 Å². The van der Waals surface area contributed by atoms with Gasteiger partial charge >= 0.3 is 11.6 Å². The molecule has 0 radical (unpaired) electrons. The lowest BCUT2D eigenvalue weighted by atomic mass is 10.1. The van der Waals surface area contributed by atoms with Gasteiger partial charge in [-0.2, -0.15) is 0 Å². The number of carbonyl (C=O) groups excluding carboxylic acids is 2. The Morgan fingerprint density at radius 2 is 1.82 bits per heavy atom. The average molecular weight is 445 g/mol. The summed E-state index contributed by atoms with van der Waals surface area (Å²) < 4.78 is 16.7. The van der Waals surface area contributed by atoms with Gasteiger partial charge in [-0.25, -0.2) is 4.79 Å². The number of hydrogen-bond donors (Lipinski definition) is 0. The molecular weight excluding hydrogens is 428 g/mol. The molecule has 0 atom stereocenters. The Morgan fingerprint density at radius 1 is 1.07 bits per heavy atom. The number of rotatable bonds is 7. The fraction of sp³-hybridized carbons (Fsp3) is 0.190. The highest BCUT2D eigenvalue weighted by Crippen LogP contribution is 2.22. The zero-order valence-corrected chi connectivity index (χ0v) is 16.7. The predicted octanol–water partition coefficient (Wildman–Crippen LogP) is 4.27. The Hall–Kier alpha value is -2.93. The summed E-state index contributed by atoms with van der Waals surface area (Å²) in [6.07, 6.45) is 0.0549. The number of ketones is 1. The third-order valence-electron chi connectivity index (χ3n) is 4.02. The van der Waals surface area contributed by atoms with Gasteiger partial charge in [-0.05, 0) is 49.4 Å². The van der Waals surface area contributed by atoms with Crippen molar-refractivity contribution in [2.75, 3.05) is 6.61 Å². The average Bonchev–Trinajstić information content (AvgIpc) is 2.66. The van der Waals surface area contributed by atoms with Crippen molar-refractivity contribution >= 4 is 38.7 Å². The molecule has 0 bridgehead atoms. The number of hydrogen-bond acceptors (Lipinski definition) is 6. The molecule has 0 spiro atoms. The van der Waals surface area contributed by atoms with Gasteiger partial charge < -0.3 is 13.9 Å². The minimum Gasteiger partial charge on any atom is -0.493 e. The number of benzene rings is 2. The minimum atomic E-state index is -0.506. The van der Waals surface area contributed by atoms with E-state index in [-0.39, 0.29) is 25.4 Å². The minimum absolute atomic E-state index is 0.0232. The van der Waals surface area contributed by atoms with Gasteiger partial charge in [0.25, 0.3) is 0 Å². The first kappa shape index (κ1) is 19.8. The molecule has 0 saturated carbocycles. The summed E-state index contributed by atoms with van der Waals surface area (Å²) in [7, 11) is 0. The second-order valence-electron chi connectivity index (χ2n) is 6.07. The first-order valence-corrected chi connectivity index (χ1v) is 9.33. The van der Waals surface area contributed by atoms with Crippen LogP contribution >= 0.6 is 15.9 Å². The third kappa shape index (κ3) is 5.07. The van der Waals surface area contributed by atoms with Crippen LogP contribution in [0.5, 0.6) is 5.75 Å². The highest BCUT2D eigenvalue weighted by Gasteiger charge is 2.10. The van der Waals surface area contributed by atoms with Crippen LogP contribution in [0.3, 0.4) is 0 Å². The Labute approximate surface area is 169 Å². The highest BCUT2D eigenvalue weighted by atomic mass is 79.9. The molecule has 144 valence electrons. The number of halogens is 1. The van der Waals surface area contributed by atoms with Gasteiger partial charge in [0.15, 0.2) is 5.78 Å². The lowest BCUT2D eigenvalue weighted by molar-refractivity contribution is -0.145. The van der Waals surface area contributed by atoms with Gasteiger partial charge in [-0.1, -0.05) is 15.9 Å². The van der Waals surface area contributed by atoms with Crippen molar-refractivity contribution in [3.63, 3.8) is 0 Å². The second-order valence-corrected chi connectivity index (χ2v) is 6.99. The van der Waals surface area contributed by atoms with Gasteiger partial charge in [-0.3, -0.25) is 9.59 Å². The van der Waals surface area contributed by atoms with E-state index >= 15 is 0 Å². The Kier molecular flexibility index (Phi) is 6.26. The van der Waals surface area contributed by atoms with E-state index < -0.39 is 11.6 Å². The van der Waals surface area contributed by atoms with E-state index in [0.717, 1.165) is 4.47 Å². The van der Waals surface area contributed by atoms with E-state index in [9.17, 15) is 14.4 Å². The zero-order valence-electron chi connectivity index (χ0n) is 15.1. The van der Waals surface area contributed by atoms with Crippen LogP contribution in [0, 0.1) is 0 Å². The molecule has 1 aromatic heterocycles. The molecule has 2 aromatic carbocycles. The first-order chi connectivity index (χ1) is 13.4. The molecule has 0 unspecified atom stereocenters. The van der Waals surface area contributed by atoms with Crippen molar-refractivity contribution in [1.82, 2.24) is 0 Å².